The smallest absolute Gasteiger partial charge is 0.271 e. The first-order chi connectivity index (χ1) is 12.6. The molecule has 1 heterocycles. The Hall–Kier alpha value is -2.57. The Balaban J connectivity index is 1.50. The molecule has 136 valence electrons. The first kappa shape index (κ1) is 18.2. The van der Waals surface area contributed by atoms with Gasteiger partial charge in [-0.3, -0.25) is 20.4 Å². The molecule has 26 heavy (non-hydrogen) atoms. The predicted octanol–water partition coefficient (Wildman–Crippen LogP) is 2.97. The number of benzene rings is 2. The van der Waals surface area contributed by atoms with Gasteiger partial charge in [-0.25, -0.2) is 0 Å². The van der Waals surface area contributed by atoms with Gasteiger partial charge in [-0.1, -0.05) is 23.7 Å². The third kappa shape index (κ3) is 4.74. The van der Waals surface area contributed by atoms with Crippen molar-refractivity contribution >= 4 is 23.4 Å². The maximum atomic E-state index is 12.1. The van der Waals surface area contributed by atoms with E-state index in [4.69, 9.17) is 21.1 Å². The highest BCUT2D eigenvalue weighted by molar-refractivity contribution is 6.33. The highest BCUT2D eigenvalue weighted by Gasteiger charge is 2.16. The lowest BCUT2D eigenvalue weighted by Crippen LogP contribution is -2.41. The van der Waals surface area contributed by atoms with Gasteiger partial charge in [-0.15, -0.1) is 0 Å². The van der Waals surface area contributed by atoms with E-state index in [9.17, 15) is 9.59 Å². The minimum absolute atomic E-state index is 0.137. The Labute approximate surface area is 156 Å². The molecule has 7 heteroatoms. The standard InChI is InChI=1S/C19H19ClN2O4/c20-17-6-2-1-5-16(17)19(24)22-21-18(23)13-7-9-14(10-8-13)26-12-15-4-3-11-25-15/h1-2,5-10,15H,3-4,11-12H2,(H,21,23)(H,22,24)/t15-/m0/s1. The van der Waals surface area contributed by atoms with Crippen LogP contribution in [0.4, 0.5) is 0 Å². The summed E-state index contributed by atoms with van der Waals surface area (Å²) in [5.41, 5.74) is 5.39. The summed E-state index contributed by atoms with van der Waals surface area (Å²) in [6.07, 6.45) is 2.21. The molecule has 6 nitrogen and oxygen atoms in total. The van der Waals surface area contributed by atoms with Crippen LogP contribution in [0, 0.1) is 0 Å². The van der Waals surface area contributed by atoms with Crippen molar-refractivity contribution in [3.8, 4) is 5.75 Å². The molecular formula is C19H19ClN2O4. The van der Waals surface area contributed by atoms with Crippen molar-refractivity contribution in [3.05, 3.63) is 64.7 Å². The molecule has 0 saturated carbocycles. The summed E-state index contributed by atoms with van der Waals surface area (Å²) >= 11 is 5.95. The number of nitrogens with one attached hydrogen (secondary N) is 2. The average molecular weight is 375 g/mol. The summed E-state index contributed by atoms with van der Waals surface area (Å²) in [5, 5.41) is 0.312. The molecule has 0 radical (unpaired) electrons. The molecule has 3 rings (SSSR count). The van der Waals surface area contributed by atoms with Crippen LogP contribution in [0.15, 0.2) is 48.5 Å². The first-order valence-corrected chi connectivity index (χ1v) is 8.71. The van der Waals surface area contributed by atoms with Crippen LogP contribution in [0.1, 0.15) is 33.6 Å². The van der Waals surface area contributed by atoms with E-state index in [2.05, 4.69) is 10.9 Å². The van der Waals surface area contributed by atoms with E-state index < -0.39 is 11.8 Å². The van der Waals surface area contributed by atoms with Crippen molar-refractivity contribution in [1.82, 2.24) is 10.9 Å². The Kier molecular flexibility index (Phi) is 6.09. The number of carbonyl (C=O) groups excluding carboxylic acids is 2. The highest BCUT2D eigenvalue weighted by atomic mass is 35.5. The number of hydrogen-bond donors (Lipinski definition) is 2. The molecule has 2 aromatic carbocycles. The lowest BCUT2D eigenvalue weighted by atomic mass is 10.2. The maximum Gasteiger partial charge on any atom is 0.271 e. The summed E-state index contributed by atoms with van der Waals surface area (Å²) in [5.74, 6) is -0.256. The van der Waals surface area contributed by atoms with Crippen LogP contribution in [0.3, 0.4) is 0 Å². The predicted molar refractivity (Wildman–Crippen MR) is 97.3 cm³/mol. The van der Waals surface area contributed by atoms with Gasteiger partial charge in [0, 0.05) is 12.2 Å². The number of hydrazine groups is 1. The number of amides is 2. The lowest BCUT2D eigenvalue weighted by molar-refractivity contribution is 0.0679. The quantitative estimate of drug-likeness (QED) is 0.789. The van der Waals surface area contributed by atoms with Crippen LogP contribution in [0.2, 0.25) is 5.02 Å². The molecule has 1 atom stereocenters. The molecule has 1 saturated heterocycles. The largest absolute Gasteiger partial charge is 0.491 e. The lowest BCUT2D eigenvalue weighted by Gasteiger charge is -2.12. The minimum atomic E-state index is -0.486. The van der Waals surface area contributed by atoms with Gasteiger partial charge < -0.3 is 9.47 Å². The second kappa shape index (κ2) is 8.69. The molecule has 0 aliphatic carbocycles. The van der Waals surface area contributed by atoms with E-state index in [0.717, 1.165) is 19.4 Å². The highest BCUT2D eigenvalue weighted by Crippen LogP contribution is 2.17. The zero-order valence-corrected chi connectivity index (χ0v) is 14.8. The summed E-state index contributed by atoms with van der Waals surface area (Å²) < 4.78 is 11.1. The molecule has 1 aliphatic heterocycles. The topological polar surface area (TPSA) is 76.7 Å². The normalized spacial score (nSPS) is 16.1. The average Bonchev–Trinajstić information content (AvgIpc) is 3.18. The Morgan fingerprint density at radius 2 is 1.81 bits per heavy atom. The van der Waals surface area contributed by atoms with Crippen LogP contribution in [-0.2, 0) is 4.74 Å². The third-order valence-electron chi connectivity index (χ3n) is 3.98. The van der Waals surface area contributed by atoms with Gasteiger partial charge in [0.25, 0.3) is 11.8 Å². The molecule has 0 aromatic heterocycles. The summed E-state index contributed by atoms with van der Waals surface area (Å²) in [6.45, 7) is 1.28. The van der Waals surface area contributed by atoms with E-state index in [0.29, 0.717) is 22.9 Å². The molecule has 2 N–H and O–H groups in total. The van der Waals surface area contributed by atoms with Gasteiger partial charge >= 0.3 is 0 Å². The Morgan fingerprint density at radius 3 is 2.50 bits per heavy atom. The zero-order chi connectivity index (χ0) is 18.4. The molecule has 0 bridgehead atoms. The first-order valence-electron chi connectivity index (χ1n) is 8.33. The van der Waals surface area contributed by atoms with Crippen molar-refractivity contribution in [1.29, 1.82) is 0 Å². The monoisotopic (exact) mass is 374 g/mol. The van der Waals surface area contributed by atoms with Crippen LogP contribution in [0.25, 0.3) is 0 Å². The van der Waals surface area contributed by atoms with E-state index in [-0.39, 0.29) is 11.7 Å². The number of carbonyl (C=O) groups is 2. The van der Waals surface area contributed by atoms with Crippen molar-refractivity contribution in [3.63, 3.8) is 0 Å². The van der Waals surface area contributed by atoms with Gasteiger partial charge in [-0.05, 0) is 49.2 Å². The molecule has 2 amide bonds. The van der Waals surface area contributed by atoms with Crippen LogP contribution in [-0.4, -0.2) is 31.1 Å². The van der Waals surface area contributed by atoms with Gasteiger partial charge in [0.15, 0.2) is 0 Å². The van der Waals surface area contributed by atoms with Crippen LogP contribution in [0.5, 0.6) is 5.75 Å². The second-order valence-electron chi connectivity index (χ2n) is 5.86. The fourth-order valence-electron chi connectivity index (χ4n) is 2.57. The van der Waals surface area contributed by atoms with Gasteiger partial charge in [0.05, 0.1) is 16.7 Å². The van der Waals surface area contributed by atoms with Crippen LogP contribution < -0.4 is 15.6 Å². The van der Waals surface area contributed by atoms with E-state index in [1.165, 1.54) is 0 Å². The molecule has 0 spiro atoms. The SMILES string of the molecule is O=C(NNC(=O)c1ccccc1Cl)c1ccc(OC[C@@H]2CCCO2)cc1. The zero-order valence-electron chi connectivity index (χ0n) is 14.0. The van der Waals surface area contributed by atoms with Gasteiger partial charge in [-0.2, -0.15) is 0 Å². The molecular weight excluding hydrogens is 356 g/mol. The Morgan fingerprint density at radius 1 is 1.08 bits per heavy atom. The summed E-state index contributed by atoms with van der Waals surface area (Å²) in [4.78, 5) is 24.1. The molecule has 0 unspecified atom stereocenters. The van der Waals surface area contributed by atoms with Crippen LogP contribution >= 0.6 is 11.6 Å². The molecule has 2 aromatic rings. The number of halogens is 1. The molecule has 1 aliphatic rings. The molecule has 1 fully saturated rings. The second-order valence-corrected chi connectivity index (χ2v) is 6.27. The minimum Gasteiger partial charge on any atom is -0.491 e. The fraction of sp³-hybridized carbons (Fsp3) is 0.263. The van der Waals surface area contributed by atoms with E-state index in [1.54, 1.807) is 48.5 Å². The third-order valence-corrected chi connectivity index (χ3v) is 4.31. The summed E-state index contributed by atoms with van der Waals surface area (Å²) in [7, 11) is 0. The van der Waals surface area contributed by atoms with Crippen molar-refractivity contribution in [2.45, 2.75) is 18.9 Å². The number of rotatable bonds is 5. The van der Waals surface area contributed by atoms with Crippen molar-refractivity contribution in [2.75, 3.05) is 13.2 Å². The fourth-order valence-corrected chi connectivity index (χ4v) is 2.79. The van der Waals surface area contributed by atoms with Crippen molar-refractivity contribution in [2.24, 2.45) is 0 Å². The number of hydrogen-bond acceptors (Lipinski definition) is 4. The van der Waals surface area contributed by atoms with E-state index in [1.807, 2.05) is 0 Å². The number of ether oxygens (including phenoxy) is 2. The van der Waals surface area contributed by atoms with E-state index >= 15 is 0 Å². The van der Waals surface area contributed by atoms with Crippen molar-refractivity contribution < 1.29 is 19.1 Å². The van der Waals surface area contributed by atoms with Gasteiger partial charge in [0.1, 0.15) is 12.4 Å². The maximum absolute atomic E-state index is 12.1. The Bertz CT molecular complexity index is 773. The summed E-state index contributed by atoms with van der Waals surface area (Å²) in [6, 6.07) is 13.3. The van der Waals surface area contributed by atoms with Gasteiger partial charge in [0.2, 0.25) is 0 Å².